The molecular formula is C22H35N5O2. The molecule has 1 saturated heterocycles. The van der Waals surface area contributed by atoms with Crippen LogP contribution in [0.25, 0.3) is 0 Å². The quantitative estimate of drug-likeness (QED) is 0.804. The van der Waals surface area contributed by atoms with Crippen molar-refractivity contribution in [1.29, 1.82) is 0 Å². The van der Waals surface area contributed by atoms with Crippen molar-refractivity contribution in [3.63, 3.8) is 0 Å². The van der Waals surface area contributed by atoms with Crippen LogP contribution >= 0.6 is 0 Å². The van der Waals surface area contributed by atoms with E-state index in [1.165, 1.54) is 38.5 Å². The SMILES string of the molecule is O=C(NC1CCCCC1)N1CCC(c2cn(C(=O)NC3CCCCC3)cn2)CC1. The first-order valence-corrected chi connectivity index (χ1v) is 11.6. The van der Waals surface area contributed by atoms with Gasteiger partial charge in [-0.1, -0.05) is 38.5 Å². The largest absolute Gasteiger partial charge is 0.335 e. The van der Waals surface area contributed by atoms with Crippen LogP contribution in [0.15, 0.2) is 12.5 Å². The van der Waals surface area contributed by atoms with Gasteiger partial charge in [-0.05, 0) is 38.5 Å². The highest BCUT2D eigenvalue weighted by Gasteiger charge is 2.27. The third kappa shape index (κ3) is 5.31. The molecule has 1 aromatic heterocycles. The number of carbonyl (C=O) groups excluding carboxylic acids is 2. The molecule has 0 spiro atoms. The van der Waals surface area contributed by atoms with E-state index in [1.54, 1.807) is 10.9 Å². The monoisotopic (exact) mass is 401 g/mol. The molecule has 0 aromatic carbocycles. The zero-order valence-electron chi connectivity index (χ0n) is 17.4. The highest BCUT2D eigenvalue weighted by molar-refractivity contribution is 5.77. The summed E-state index contributed by atoms with van der Waals surface area (Å²) in [6.07, 6.45) is 17.1. The number of urea groups is 1. The van der Waals surface area contributed by atoms with Crippen LogP contribution in [-0.2, 0) is 0 Å². The molecule has 2 saturated carbocycles. The van der Waals surface area contributed by atoms with Crippen molar-refractivity contribution >= 4 is 12.1 Å². The molecule has 7 heteroatoms. The van der Waals surface area contributed by atoms with Crippen molar-refractivity contribution in [3.8, 4) is 0 Å². The maximum Gasteiger partial charge on any atom is 0.327 e. The summed E-state index contributed by atoms with van der Waals surface area (Å²) < 4.78 is 1.59. The lowest BCUT2D eigenvalue weighted by Gasteiger charge is -2.33. The van der Waals surface area contributed by atoms with Gasteiger partial charge in [-0.15, -0.1) is 0 Å². The molecule has 3 aliphatic rings. The zero-order valence-corrected chi connectivity index (χ0v) is 17.4. The molecule has 2 aliphatic carbocycles. The predicted octanol–water partition coefficient (Wildman–Crippen LogP) is 4.00. The van der Waals surface area contributed by atoms with Crippen LogP contribution in [0.5, 0.6) is 0 Å². The van der Waals surface area contributed by atoms with Gasteiger partial charge in [0, 0.05) is 37.3 Å². The van der Waals surface area contributed by atoms with Gasteiger partial charge in [0.2, 0.25) is 0 Å². The van der Waals surface area contributed by atoms with Gasteiger partial charge < -0.3 is 15.5 Å². The molecule has 0 bridgehead atoms. The molecule has 0 radical (unpaired) electrons. The molecule has 2 heterocycles. The van der Waals surface area contributed by atoms with E-state index < -0.39 is 0 Å². The summed E-state index contributed by atoms with van der Waals surface area (Å²) in [5, 5.41) is 6.35. The van der Waals surface area contributed by atoms with Crippen LogP contribution < -0.4 is 10.6 Å². The Hall–Kier alpha value is -2.05. The van der Waals surface area contributed by atoms with Crippen molar-refractivity contribution in [1.82, 2.24) is 25.1 Å². The Bertz CT molecular complexity index is 683. The molecule has 0 unspecified atom stereocenters. The normalized spacial score (nSPS) is 22.4. The maximum atomic E-state index is 12.5. The fourth-order valence-corrected chi connectivity index (χ4v) is 5.05. The summed E-state index contributed by atoms with van der Waals surface area (Å²) in [4.78, 5) is 31.5. The van der Waals surface area contributed by atoms with Crippen LogP contribution in [-0.4, -0.2) is 51.7 Å². The maximum absolute atomic E-state index is 12.5. The second kappa shape index (κ2) is 9.63. The summed E-state index contributed by atoms with van der Waals surface area (Å²) in [5.41, 5.74) is 0.969. The van der Waals surface area contributed by atoms with Gasteiger partial charge in [0.1, 0.15) is 6.33 Å². The number of nitrogens with one attached hydrogen (secondary N) is 2. The van der Waals surface area contributed by atoms with Crippen molar-refractivity contribution in [3.05, 3.63) is 18.2 Å². The Morgan fingerprint density at radius 3 is 1.93 bits per heavy atom. The summed E-state index contributed by atoms with van der Waals surface area (Å²) in [5.74, 6) is 0.317. The zero-order chi connectivity index (χ0) is 20.1. The number of rotatable bonds is 3. The molecule has 3 fully saturated rings. The Morgan fingerprint density at radius 1 is 0.793 bits per heavy atom. The van der Waals surface area contributed by atoms with Crippen molar-refractivity contribution in [2.75, 3.05) is 13.1 Å². The summed E-state index contributed by atoms with van der Waals surface area (Å²) in [6, 6.07) is 0.674. The van der Waals surface area contributed by atoms with Gasteiger partial charge >= 0.3 is 12.1 Å². The van der Waals surface area contributed by atoms with E-state index in [0.29, 0.717) is 18.0 Å². The van der Waals surface area contributed by atoms with Crippen LogP contribution in [0, 0.1) is 0 Å². The fraction of sp³-hybridized carbons (Fsp3) is 0.773. The average Bonchev–Trinajstić information content (AvgIpc) is 3.26. The van der Waals surface area contributed by atoms with Gasteiger partial charge in [-0.2, -0.15) is 0 Å². The Kier molecular flexibility index (Phi) is 6.72. The number of imidazole rings is 1. The van der Waals surface area contributed by atoms with Crippen molar-refractivity contribution < 1.29 is 9.59 Å². The first-order valence-electron chi connectivity index (χ1n) is 11.6. The molecule has 1 aliphatic heterocycles. The Labute approximate surface area is 173 Å². The highest BCUT2D eigenvalue weighted by atomic mass is 16.2. The van der Waals surface area contributed by atoms with Crippen molar-refractivity contribution in [2.45, 2.75) is 95.1 Å². The Balaban J connectivity index is 1.24. The first-order chi connectivity index (χ1) is 14.2. The van der Waals surface area contributed by atoms with Crippen molar-refractivity contribution in [2.24, 2.45) is 0 Å². The third-order valence-corrected chi connectivity index (χ3v) is 6.90. The molecule has 4 rings (SSSR count). The molecule has 1 aromatic rings. The van der Waals surface area contributed by atoms with E-state index in [0.717, 1.165) is 57.3 Å². The molecule has 29 heavy (non-hydrogen) atoms. The average molecular weight is 402 g/mol. The molecule has 2 N–H and O–H groups in total. The minimum atomic E-state index is -0.0695. The van der Waals surface area contributed by atoms with E-state index in [1.807, 2.05) is 11.1 Å². The standard InChI is InChI=1S/C22H35N5O2/c28-21(24-18-7-3-1-4-8-18)26-13-11-17(12-14-26)20-15-27(16-23-20)22(29)25-19-9-5-2-6-10-19/h15-19H,1-14H2,(H,24,28)(H,25,29). The smallest absolute Gasteiger partial charge is 0.327 e. The van der Waals surface area contributed by atoms with E-state index >= 15 is 0 Å². The van der Waals surface area contributed by atoms with Crippen LogP contribution in [0.2, 0.25) is 0 Å². The number of aromatic nitrogens is 2. The topological polar surface area (TPSA) is 79.3 Å². The minimum Gasteiger partial charge on any atom is -0.335 e. The Morgan fingerprint density at radius 2 is 1.34 bits per heavy atom. The van der Waals surface area contributed by atoms with E-state index in [-0.39, 0.29) is 12.1 Å². The summed E-state index contributed by atoms with van der Waals surface area (Å²) >= 11 is 0. The second-order valence-corrected chi connectivity index (χ2v) is 9.04. The number of hydrogen-bond acceptors (Lipinski definition) is 3. The van der Waals surface area contributed by atoms with Gasteiger partial charge in [0.05, 0.1) is 5.69 Å². The molecule has 160 valence electrons. The van der Waals surface area contributed by atoms with Crippen LogP contribution in [0.4, 0.5) is 9.59 Å². The predicted molar refractivity (Wildman–Crippen MR) is 112 cm³/mol. The number of carbonyl (C=O) groups is 2. The lowest BCUT2D eigenvalue weighted by atomic mass is 9.94. The number of nitrogens with zero attached hydrogens (tertiary/aromatic N) is 3. The number of amides is 3. The van der Waals surface area contributed by atoms with Gasteiger partial charge in [0.25, 0.3) is 0 Å². The lowest BCUT2D eigenvalue weighted by molar-refractivity contribution is 0.174. The number of hydrogen-bond donors (Lipinski definition) is 2. The minimum absolute atomic E-state index is 0.0695. The first kappa shape index (κ1) is 20.2. The highest BCUT2D eigenvalue weighted by Crippen LogP contribution is 2.27. The van der Waals surface area contributed by atoms with Gasteiger partial charge in [-0.25, -0.2) is 14.6 Å². The molecule has 0 atom stereocenters. The molecule has 3 amide bonds. The molecule has 7 nitrogen and oxygen atoms in total. The second-order valence-electron chi connectivity index (χ2n) is 9.04. The third-order valence-electron chi connectivity index (χ3n) is 6.90. The summed E-state index contributed by atoms with van der Waals surface area (Å²) in [6.45, 7) is 1.51. The van der Waals surface area contributed by atoms with E-state index in [4.69, 9.17) is 0 Å². The van der Waals surface area contributed by atoms with Crippen LogP contribution in [0.1, 0.15) is 88.7 Å². The fourth-order valence-electron chi connectivity index (χ4n) is 5.05. The van der Waals surface area contributed by atoms with E-state index in [9.17, 15) is 9.59 Å². The molecular weight excluding hydrogens is 366 g/mol. The lowest BCUT2D eigenvalue weighted by Crippen LogP contribution is -2.48. The summed E-state index contributed by atoms with van der Waals surface area (Å²) in [7, 11) is 0. The van der Waals surface area contributed by atoms with Gasteiger partial charge in [-0.3, -0.25) is 4.57 Å². The van der Waals surface area contributed by atoms with Crippen LogP contribution in [0.3, 0.4) is 0 Å². The number of likely N-dealkylation sites (tertiary alicyclic amines) is 1. The van der Waals surface area contributed by atoms with Gasteiger partial charge in [0.15, 0.2) is 0 Å². The van der Waals surface area contributed by atoms with E-state index in [2.05, 4.69) is 15.6 Å². The number of piperidine rings is 1.